The summed E-state index contributed by atoms with van der Waals surface area (Å²) in [6.07, 6.45) is 1.51. The van der Waals surface area contributed by atoms with Crippen LogP contribution >= 0.6 is 0 Å². The zero-order chi connectivity index (χ0) is 14.5. The Morgan fingerprint density at radius 1 is 1.35 bits per heavy atom. The third kappa shape index (κ3) is 3.19. The summed E-state index contributed by atoms with van der Waals surface area (Å²) in [6, 6.07) is 10.2. The van der Waals surface area contributed by atoms with E-state index in [2.05, 4.69) is 5.32 Å². The molecule has 5 nitrogen and oxygen atoms in total. The number of nitrogens with one attached hydrogen (secondary N) is 1. The number of aliphatic hydroxyl groups excluding tert-OH is 1. The predicted molar refractivity (Wildman–Crippen MR) is 76.8 cm³/mol. The van der Waals surface area contributed by atoms with Gasteiger partial charge in [-0.05, 0) is 30.3 Å². The van der Waals surface area contributed by atoms with Crippen molar-refractivity contribution in [3.05, 3.63) is 54.0 Å². The summed E-state index contributed by atoms with van der Waals surface area (Å²) in [5.41, 5.74) is 1.48. The fourth-order valence-electron chi connectivity index (χ4n) is 1.86. The molecule has 1 aromatic heterocycles. The molecule has 2 rings (SSSR count). The summed E-state index contributed by atoms with van der Waals surface area (Å²) < 4.78 is 5.20. The van der Waals surface area contributed by atoms with Crippen molar-refractivity contribution in [1.29, 1.82) is 0 Å². The van der Waals surface area contributed by atoms with Crippen LogP contribution in [0.3, 0.4) is 0 Å². The van der Waals surface area contributed by atoms with E-state index >= 15 is 0 Å². The number of hydrogen-bond donors (Lipinski definition) is 2. The highest BCUT2D eigenvalue weighted by Crippen LogP contribution is 2.16. The second-order valence-electron chi connectivity index (χ2n) is 4.67. The lowest BCUT2D eigenvalue weighted by Crippen LogP contribution is -2.30. The number of carbonyl (C=O) groups is 1. The van der Waals surface area contributed by atoms with E-state index in [9.17, 15) is 9.90 Å². The Hall–Kier alpha value is -2.27. The van der Waals surface area contributed by atoms with Crippen molar-refractivity contribution in [3.8, 4) is 0 Å². The first-order chi connectivity index (χ1) is 9.61. The lowest BCUT2D eigenvalue weighted by atomic mass is 10.1. The summed E-state index contributed by atoms with van der Waals surface area (Å²) in [5.74, 6) is 0.286. The maximum absolute atomic E-state index is 12.2. The molecule has 0 aliphatic heterocycles. The summed E-state index contributed by atoms with van der Waals surface area (Å²) in [5, 5.41) is 12.1. The summed E-state index contributed by atoms with van der Waals surface area (Å²) in [4.78, 5) is 14.1. The fourth-order valence-corrected chi connectivity index (χ4v) is 1.86. The second kappa shape index (κ2) is 6.25. The van der Waals surface area contributed by atoms with Gasteiger partial charge in [0, 0.05) is 25.3 Å². The van der Waals surface area contributed by atoms with E-state index in [-0.39, 0.29) is 12.5 Å². The lowest BCUT2D eigenvalue weighted by Gasteiger charge is -2.16. The Labute approximate surface area is 117 Å². The van der Waals surface area contributed by atoms with Crippen molar-refractivity contribution < 1.29 is 14.3 Å². The number of aliphatic hydroxyl groups is 1. The van der Waals surface area contributed by atoms with Crippen LogP contribution < -0.4 is 10.2 Å². The molecular weight excluding hydrogens is 256 g/mol. The lowest BCUT2D eigenvalue weighted by molar-refractivity contribution is 0.0907. The smallest absolute Gasteiger partial charge is 0.252 e. The maximum Gasteiger partial charge on any atom is 0.252 e. The molecule has 0 fully saturated rings. The minimum Gasteiger partial charge on any atom is -0.467 e. The van der Waals surface area contributed by atoms with Crippen LogP contribution in [0.5, 0.6) is 0 Å². The summed E-state index contributed by atoms with van der Waals surface area (Å²) in [7, 11) is 3.83. The first-order valence-electron chi connectivity index (χ1n) is 6.34. The minimum absolute atomic E-state index is 0.216. The molecule has 0 spiro atoms. The van der Waals surface area contributed by atoms with Gasteiger partial charge in [0.15, 0.2) is 0 Å². The Bertz CT molecular complexity index is 564. The van der Waals surface area contributed by atoms with Crippen LogP contribution in [0.25, 0.3) is 0 Å². The molecule has 1 amide bonds. The first-order valence-corrected chi connectivity index (χ1v) is 6.34. The van der Waals surface area contributed by atoms with E-state index in [0.717, 1.165) is 5.69 Å². The second-order valence-corrected chi connectivity index (χ2v) is 4.67. The Balaban J connectivity index is 2.13. The van der Waals surface area contributed by atoms with Gasteiger partial charge in [-0.25, -0.2) is 0 Å². The van der Waals surface area contributed by atoms with Crippen molar-refractivity contribution in [3.63, 3.8) is 0 Å². The van der Waals surface area contributed by atoms with Gasteiger partial charge >= 0.3 is 0 Å². The normalized spacial score (nSPS) is 11.9. The van der Waals surface area contributed by atoms with Gasteiger partial charge in [0.2, 0.25) is 0 Å². The van der Waals surface area contributed by atoms with E-state index in [1.165, 1.54) is 6.26 Å². The van der Waals surface area contributed by atoms with Crippen LogP contribution in [0, 0.1) is 0 Å². The van der Waals surface area contributed by atoms with Crippen LogP contribution in [-0.4, -0.2) is 31.7 Å². The number of nitrogens with zero attached hydrogens (tertiary/aromatic N) is 1. The highest BCUT2D eigenvalue weighted by molar-refractivity contribution is 5.95. The number of hydrogen-bond acceptors (Lipinski definition) is 4. The zero-order valence-electron chi connectivity index (χ0n) is 11.5. The number of carbonyl (C=O) groups excluding carboxylic acids is 1. The number of benzene rings is 1. The standard InChI is InChI=1S/C15H18N2O3/c1-17(2)12-6-3-5-11(9-12)15(19)16-13(10-18)14-7-4-8-20-14/h3-9,13,18H,10H2,1-2H3,(H,16,19). The van der Waals surface area contributed by atoms with Crippen LogP contribution in [-0.2, 0) is 0 Å². The topological polar surface area (TPSA) is 65.7 Å². The molecule has 0 aliphatic carbocycles. The predicted octanol–water partition coefficient (Wildman–Crippen LogP) is 1.81. The first kappa shape index (κ1) is 14.1. The van der Waals surface area contributed by atoms with Gasteiger partial charge in [-0.2, -0.15) is 0 Å². The number of amides is 1. The highest BCUT2D eigenvalue weighted by Gasteiger charge is 2.17. The number of furan rings is 1. The van der Waals surface area contributed by atoms with Crippen LogP contribution in [0.1, 0.15) is 22.2 Å². The number of anilines is 1. The SMILES string of the molecule is CN(C)c1cccc(C(=O)NC(CO)c2ccco2)c1. The van der Waals surface area contributed by atoms with Crippen molar-refractivity contribution >= 4 is 11.6 Å². The van der Waals surface area contributed by atoms with Crippen LogP contribution in [0.4, 0.5) is 5.69 Å². The van der Waals surface area contributed by atoms with E-state index in [4.69, 9.17) is 4.42 Å². The van der Waals surface area contributed by atoms with E-state index in [1.807, 2.05) is 31.1 Å². The molecule has 1 unspecified atom stereocenters. The van der Waals surface area contributed by atoms with Crippen molar-refractivity contribution in [2.75, 3.05) is 25.6 Å². The average Bonchev–Trinajstić information content (AvgIpc) is 2.98. The van der Waals surface area contributed by atoms with E-state index < -0.39 is 6.04 Å². The number of rotatable bonds is 5. The molecule has 0 bridgehead atoms. The monoisotopic (exact) mass is 274 g/mol. The molecule has 0 radical (unpaired) electrons. The van der Waals surface area contributed by atoms with Gasteiger partial charge in [0.05, 0.1) is 12.9 Å². The van der Waals surface area contributed by atoms with Crippen LogP contribution in [0.2, 0.25) is 0 Å². The van der Waals surface area contributed by atoms with Crippen molar-refractivity contribution in [2.24, 2.45) is 0 Å². The highest BCUT2D eigenvalue weighted by atomic mass is 16.3. The fraction of sp³-hybridized carbons (Fsp3) is 0.267. The van der Waals surface area contributed by atoms with Crippen LogP contribution in [0.15, 0.2) is 47.1 Å². The van der Waals surface area contributed by atoms with Gasteiger partial charge in [-0.3, -0.25) is 4.79 Å². The molecule has 106 valence electrons. The van der Waals surface area contributed by atoms with Crippen molar-refractivity contribution in [1.82, 2.24) is 5.32 Å². The third-order valence-electron chi connectivity index (χ3n) is 3.00. The molecule has 1 atom stereocenters. The van der Waals surface area contributed by atoms with Gasteiger partial charge in [0.1, 0.15) is 11.8 Å². The summed E-state index contributed by atoms with van der Waals surface area (Å²) in [6.45, 7) is -0.216. The molecule has 1 aromatic carbocycles. The average molecular weight is 274 g/mol. The molecule has 0 saturated heterocycles. The largest absolute Gasteiger partial charge is 0.467 e. The molecule has 20 heavy (non-hydrogen) atoms. The third-order valence-corrected chi connectivity index (χ3v) is 3.00. The van der Waals surface area contributed by atoms with E-state index in [1.54, 1.807) is 24.3 Å². The van der Waals surface area contributed by atoms with Gasteiger partial charge in [-0.15, -0.1) is 0 Å². The minimum atomic E-state index is -0.541. The van der Waals surface area contributed by atoms with Gasteiger partial charge < -0.3 is 19.7 Å². The Morgan fingerprint density at radius 2 is 2.15 bits per heavy atom. The molecule has 2 aromatic rings. The summed E-state index contributed by atoms with van der Waals surface area (Å²) >= 11 is 0. The van der Waals surface area contributed by atoms with Gasteiger partial charge in [0.25, 0.3) is 5.91 Å². The van der Waals surface area contributed by atoms with Gasteiger partial charge in [-0.1, -0.05) is 6.07 Å². The molecule has 0 saturated carbocycles. The zero-order valence-corrected chi connectivity index (χ0v) is 11.5. The molecule has 1 heterocycles. The molecule has 5 heteroatoms. The molecule has 0 aliphatic rings. The molecule has 2 N–H and O–H groups in total. The molecular formula is C15H18N2O3. The van der Waals surface area contributed by atoms with E-state index in [0.29, 0.717) is 11.3 Å². The Kier molecular flexibility index (Phi) is 4.42. The van der Waals surface area contributed by atoms with Crippen molar-refractivity contribution in [2.45, 2.75) is 6.04 Å². The quantitative estimate of drug-likeness (QED) is 0.872. The Morgan fingerprint density at radius 3 is 2.75 bits per heavy atom. The maximum atomic E-state index is 12.2.